The summed E-state index contributed by atoms with van der Waals surface area (Å²) in [5.41, 5.74) is 1.91. The molecule has 3 aliphatic heterocycles. The summed E-state index contributed by atoms with van der Waals surface area (Å²) >= 11 is 0. The summed E-state index contributed by atoms with van der Waals surface area (Å²) in [5.74, 6) is 1.01. The topological polar surface area (TPSA) is 69.9 Å². The van der Waals surface area contributed by atoms with Crippen LogP contribution in [0, 0.1) is 19.3 Å². The van der Waals surface area contributed by atoms with E-state index in [4.69, 9.17) is 4.52 Å². The Morgan fingerprint density at radius 1 is 1.12 bits per heavy atom. The molecule has 1 aromatic heterocycles. The Kier molecular flexibility index (Phi) is 4.40. The largest absolute Gasteiger partial charge is 0.361 e. The van der Waals surface area contributed by atoms with E-state index in [0.29, 0.717) is 13.0 Å². The first-order valence-electron chi connectivity index (χ1n) is 9.71. The van der Waals surface area contributed by atoms with Crippen molar-refractivity contribution in [3.8, 4) is 0 Å². The van der Waals surface area contributed by atoms with Gasteiger partial charge in [-0.25, -0.2) is 4.79 Å². The zero-order valence-corrected chi connectivity index (χ0v) is 15.8. The van der Waals surface area contributed by atoms with Crippen LogP contribution in [-0.2, 0) is 11.3 Å². The Morgan fingerprint density at radius 3 is 2.38 bits per heavy atom. The van der Waals surface area contributed by atoms with Crippen LogP contribution in [0.25, 0.3) is 0 Å². The average molecular weight is 360 g/mol. The molecular formula is C19H28N4O3. The van der Waals surface area contributed by atoms with E-state index in [1.807, 2.05) is 28.5 Å². The molecule has 3 aliphatic rings. The molecule has 0 saturated carbocycles. The summed E-state index contributed by atoms with van der Waals surface area (Å²) in [7, 11) is 0. The van der Waals surface area contributed by atoms with Crippen LogP contribution in [0.5, 0.6) is 0 Å². The fourth-order valence-corrected chi connectivity index (χ4v) is 4.66. The van der Waals surface area contributed by atoms with Crippen LogP contribution in [0.4, 0.5) is 4.79 Å². The van der Waals surface area contributed by atoms with Crippen molar-refractivity contribution in [2.24, 2.45) is 5.41 Å². The van der Waals surface area contributed by atoms with Gasteiger partial charge in [0.1, 0.15) is 5.76 Å². The van der Waals surface area contributed by atoms with Crippen LogP contribution < -0.4 is 0 Å². The van der Waals surface area contributed by atoms with Crippen molar-refractivity contribution >= 4 is 11.9 Å². The van der Waals surface area contributed by atoms with Gasteiger partial charge in [0.15, 0.2) is 0 Å². The molecule has 0 aromatic carbocycles. The Bertz CT molecular complexity index is 680. The van der Waals surface area contributed by atoms with Gasteiger partial charge < -0.3 is 19.2 Å². The summed E-state index contributed by atoms with van der Waals surface area (Å²) in [4.78, 5) is 31.1. The molecule has 4 rings (SSSR count). The predicted octanol–water partition coefficient (Wildman–Crippen LogP) is 2.32. The molecule has 0 aliphatic carbocycles. The van der Waals surface area contributed by atoms with E-state index in [0.717, 1.165) is 75.4 Å². The minimum atomic E-state index is 0.0256. The third-order valence-corrected chi connectivity index (χ3v) is 6.41. The number of hydrogen-bond acceptors (Lipinski definition) is 4. The number of aromatic nitrogens is 1. The predicted molar refractivity (Wildman–Crippen MR) is 95.5 cm³/mol. The van der Waals surface area contributed by atoms with E-state index in [-0.39, 0.29) is 17.4 Å². The van der Waals surface area contributed by atoms with Crippen molar-refractivity contribution in [1.29, 1.82) is 0 Å². The third-order valence-electron chi connectivity index (χ3n) is 6.41. The number of hydrogen-bond donors (Lipinski definition) is 0. The zero-order valence-electron chi connectivity index (χ0n) is 15.8. The van der Waals surface area contributed by atoms with Gasteiger partial charge in [0, 0.05) is 50.1 Å². The minimum Gasteiger partial charge on any atom is -0.361 e. The Hall–Kier alpha value is -2.05. The van der Waals surface area contributed by atoms with Gasteiger partial charge in [-0.15, -0.1) is 0 Å². The number of piperidine rings is 1. The van der Waals surface area contributed by atoms with Crippen molar-refractivity contribution in [2.75, 3.05) is 32.7 Å². The Morgan fingerprint density at radius 2 is 1.77 bits per heavy atom. The zero-order chi connectivity index (χ0) is 18.3. The van der Waals surface area contributed by atoms with Gasteiger partial charge in [0.2, 0.25) is 5.91 Å². The lowest BCUT2D eigenvalue weighted by Gasteiger charge is -2.40. The number of nitrogens with zero attached hydrogens (tertiary/aromatic N) is 4. The minimum absolute atomic E-state index is 0.0256. The highest BCUT2D eigenvalue weighted by atomic mass is 16.5. The number of likely N-dealkylation sites (tertiary alicyclic amines) is 3. The highest BCUT2D eigenvalue weighted by molar-refractivity contribution is 5.80. The van der Waals surface area contributed by atoms with Crippen LogP contribution in [-0.4, -0.2) is 64.5 Å². The fourth-order valence-electron chi connectivity index (χ4n) is 4.66. The number of aryl methyl sites for hydroxylation is 2. The number of carbonyl (C=O) groups is 2. The van der Waals surface area contributed by atoms with Crippen LogP contribution in [0.1, 0.15) is 49.1 Å². The van der Waals surface area contributed by atoms with E-state index in [1.165, 1.54) is 0 Å². The second kappa shape index (κ2) is 6.59. The summed E-state index contributed by atoms with van der Waals surface area (Å²) in [5, 5.41) is 3.99. The molecule has 26 heavy (non-hydrogen) atoms. The molecular weight excluding hydrogens is 332 g/mol. The Labute approximate surface area is 154 Å². The molecule has 7 nitrogen and oxygen atoms in total. The van der Waals surface area contributed by atoms with Gasteiger partial charge in [-0.2, -0.15) is 0 Å². The molecule has 3 amide bonds. The monoisotopic (exact) mass is 360 g/mol. The first kappa shape index (κ1) is 17.4. The van der Waals surface area contributed by atoms with Crippen molar-refractivity contribution < 1.29 is 14.1 Å². The van der Waals surface area contributed by atoms with E-state index < -0.39 is 0 Å². The lowest BCUT2D eigenvalue weighted by atomic mass is 9.77. The molecule has 0 N–H and O–H groups in total. The molecule has 7 heteroatoms. The second-order valence-electron chi connectivity index (χ2n) is 8.19. The van der Waals surface area contributed by atoms with E-state index >= 15 is 0 Å². The van der Waals surface area contributed by atoms with E-state index in [2.05, 4.69) is 5.16 Å². The molecule has 3 saturated heterocycles. The summed E-state index contributed by atoms with van der Waals surface area (Å²) in [6, 6.07) is 0.189. The fraction of sp³-hybridized carbons (Fsp3) is 0.737. The maximum atomic E-state index is 12.6. The number of carbonyl (C=O) groups excluding carboxylic acids is 2. The highest BCUT2D eigenvalue weighted by Gasteiger charge is 2.46. The van der Waals surface area contributed by atoms with Gasteiger partial charge in [-0.05, 0) is 39.5 Å². The third kappa shape index (κ3) is 3.08. The highest BCUT2D eigenvalue weighted by Crippen LogP contribution is 2.42. The van der Waals surface area contributed by atoms with Crippen molar-refractivity contribution in [2.45, 2.75) is 52.5 Å². The smallest absolute Gasteiger partial charge is 0.319 e. The van der Waals surface area contributed by atoms with Crippen LogP contribution in [0.15, 0.2) is 4.52 Å². The summed E-state index contributed by atoms with van der Waals surface area (Å²) in [6.07, 6.45) is 4.67. The quantitative estimate of drug-likeness (QED) is 0.812. The maximum absolute atomic E-state index is 12.6. The van der Waals surface area contributed by atoms with Gasteiger partial charge in [0.05, 0.1) is 12.2 Å². The molecule has 1 aromatic rings. The van der Waals surface area contributed by atoms with Gasteiger partial charge in [0.25, 0.3) is 0 Å². The standard InChI is InChI=1S/C19H28N4O3/c1-14-16(15(2)26-20-14)12-23-13-19(11-17(23)24)5-9-22(10-6-19)18(25)21-7-3-4-8-21/h3-13H2,1-2H3. The number of urea groups is 1. The maximum Gasteiger partial charge on any atom is 0.319 e. The molecule has 0 bridgehead atoms. The first-order valence-corrected chi connectivity index (χ1v) is 9.71. The number of amides is 3. The van der Waals surface area contributed by atoms with Gasteiger partial charge in [-0.3, -0.25) is 4.79 Å². The molecule has 4 heterocycles. The second-order valence-corrected chi connectivity index (χ2v) is 8.19. The van der Waals surface area contributed by atoms with Gasteiger partial charge >= 0.3 is 6.03 Å². The van der Waals surface area contributed by atoms with Crippen molar-refractivity contribution in [1.82, 2.24) is 19.9 Å². The van der Waals surface area contributed by atoms with Crippen molar-refractivity contribution in [3.05, 3.63) is 17.0 Å². The van der Waals surface area contributed by atoms with Gasteiger partial charge in [-0.1, -0.05) is 5.16 Å². The molecule has 142 valence electrons. The lowest BCUT2D eigenvalue weighted by Crippen LogP contribution is -2.48. The van der Waals surface area contributed by atoms with E-state index in [9.17, 15) is 9.59 Å². The average Bonchev–Trinajstić information content (AvgIpc) is 3.33. The number of rotatable bonds is 2. The van der Waals surface area contributed by atoms with Crippen LogP contribution >= 0.6 is 0 Å². The first-order chi connectivity index (χ1) is 12.5. The SMILES string of the molecule is Cc1noc(C)c1CN1CC2(CCN(C(=O)N3CCCC3)CC2)CC1=O. The normalized spacial score (nSPS) is 22.7. The van der Waals surface area contributed by atoms with Crippen molar-refractivity contribution in [3.63, 3.8) is 0 Å². The molecule has 3 fully saturated rings. The molecule has 0 unspecified atom stereocenters. The Balaban J connectivity index is 1.37. The summed E-state index contributed by atoms with van der Waals surface area (Å²) in [6.45, 7) is 8.50. The summed E-state index contributed by atoms with van der Waals surface area (Å²) < 4.78 is 5.23. The van der Waals surface area contributed by atoms with Crippen LogP contribution in [0.2, 0.25) is 0 Å². The van der Waals surface area contributed by atoms with Crippen LogP contribution in [0.3, 0.4) is 0 Å². The molecule has 1 spiro atoms. The molecule has 0 radical (unpaired) electrons. The van der Waals surface area contributed by atoms with E-state index in [1.54, 1.807) is 0 Å². The lowest BCUT2D eigenvalue weighted by molar-refractivity contribution is -0.128. The molecule has 0 atom stereocenters.